The lowest BCUT2D eigenvalue weighted by Crippen LogP contribution is -2.46. The van der Waals surface area contributed by atoms with Gasteiger partial charge < -0.3 is 9.64 Å². The van der Waals surface area contributed by atoms with Gasteiger partial charge in [0.15, 0.2) is 6.10 Å². The van der Waals surface area contributed by atoms with E-state index in [-0.39, 0.29) is 5.91 Å². The van der Waals surface area contributed by atoms with Crippen molar-refractivity contribution in [3.63, 3.8) is 0 Å². The second kappa shape index (κ2) is 6.34. The molecule has 0 N–H and O–H groups in total. The van der Waals surface area contributed by atoms with Crippen LogP contribution in [0.2, 0.25) is 0 Å². The van der Waals surface area contributed by atoms with Gasteiger partial charge in [-0.15, -0.1) is 5.10 Å². The van der Waals surface area contributed by atoms with E-state index in [1.54, 1.807) is 20.5 Å². The summed E-state index contributed by atoms with van der Waals surface area (Å²) < 4.78 is 9.16. The van der Waals surface area contributed by atoms with Crippen molar-refractivity contribution in [1.29, 1.82) is 0 Å². The summed E-state index contributed by atoms with van der Waals surface area (Å²) in [6.45, 7) is 0.683. The molecule has 1 amide bonds. The van der Waals surface area contributed by atoms with E-state index in [1.165, 1.54) is 6.33 Å². The fourth-order valence-corrected chi connectivity index (χ4v) is 2.88. The Hall–Kier alpha value is -3.23. The Kier molecular flexibility index (Phi) is 3.88. The average Bonchev–Trinajstić information content (AvgIpc) is 3.29. The standard InChI is InChI=1S/C16H17N7O2/c1-21-10-13(9-18-21)22-8-2-3-15(16(22)24)25-14-6-4-12(5-7-14)23-11-17-19-20-23/h4-7,9-11,15H,2-3,8H2,1H3/t15-/m0/s1. The summed E-state index contributed by atoms with van der Waals surface area (Å²) in [7, 11) is 1.83. The molecule has 2 aromatic heterocycles. The summed E-state index contributed by atoms with van der Waals surface area (Å²) >= 11 is 0. The summed E-state index contributed by atoms with van der Waals surface area (Å²) in [5, 5.41) is 15.2. The molecule has 9 heteroatoms. The Morgan fingerprint density at radius 1 is 1.20 bits per heavy atom. The first-order valence-electron chi connectivity index (χ1n) is 8.01. The molecule has 3 aromatic rings. The minimum absolute atomic E-state index is 0.0381. The van der Waals surface area contributed by atoms with Gasteiger partial charge in [0.1, 0.15) is 12.1 Å². The highest BCUT2D eigenvalue weighted by Crippen LogP contribution is 2.24. The van der Waals surface area contributed by atoms with Crippen molar-refractivity contribution < 1.29 is 9.53 Å². The minimum Gasteiger partial charge on any atom is -0.481 e. The van der Waals surface area contributed by atoms with Crippen LogP contribution in [0.15, 0.2) is 43.0 Å². The Labute approximate surface area is 143 Å². The highest BCUT2D eigenvalue weighted by Gasteiger charge is 2.31. The monoisotopic (exact) mass is 339 g/mol. The number of aryl methyl sites for hydroxylation is 1. The Morgan fingerprint density at radius 3 is 2.72 bits per heavy atom. The maximum Gasteiger partial charge on any atom is 0.268 e. The van der Waals surface area contributed by atoms with Gasteiger partial charge in [0.2, 0.25) is 0 Å². The topological polar surface area (TPSA) is 91.0 Å². The molecule has 1 aliphatic rings. The number of nitrogens with zero attached hydrogens (tertiary/aromatic N) is 7. The molecule has 0 radical (unpaired) electrons. The molecule has 1 aliphatic heterocycles. The van der Waals surface area contributed by atoms with Crippen molar-refractivity contribution >= 4 is 11.6 Å². The van der Waals surface area contributed by atoms with E-state index in [1.807, 2.05) is 37.5 Å². The molecule has 3 heterocycles. The summed E-state index contributed by atoms with van der Waals surface area (Å²) in [4.78, 5) is 14.5. The van der Waals surface area contributed by atoms with Gasteiger partial charge in [0, 0.05) is 19.8 Å². The van der Waals surface area contributed by atoms with Crippen LogP contribution in [0.4, 0.5) is 5.69 Å². The van der Waals surface area contributed by atoms with Crippen molar-refractivity contribution in [2.45, 2.75) is 18.9 Å². The van der Waals surface area contributed by atoms with E-state index >= 15 is 0 Å². The number of benzene rings is 1. The summed E-state index contributed by atoms with van der Waals surface area (Å²) in [6.07, 6.45) is 6.14. The fourth-order valence-electron chi connectivity index (χ4n) is 2.88. The Morgan fingerprint density at radius 2 is 2.04 bits per heavy atom. The third-order valence-corrected chi connectivity index (χ3v) is 4.12. The first-order valence-corrected chi connectivity index (χ1v) is 8.01. The van der Waals surface area contributed by atoms with Crippen molar-refractivity contribution in [2.75, 3.05) is 11.4 Å². The number of rotatable bonds is 4. The van der Waals surface area contributed by atoms with Gasteiger partial charge in [-0.05, 0) is 47.5 Å². The zero-order valence-corrected chi connectivity index (χ0v) is 13.7. The molecule has 1 saturated heterocycles. The lowest BCUT2D eigenvalue weighted by atomic mass is 10.1. The molecule has 4 rings (SSSR count). The third-order valence-electron chi connectivity index (χ3n) is 4.12. The van der Waals surface area contributed by atoms with Gasteiger partial charge in [-0.3, -0.25) is 9.48 Å². The molecule has 1 aromatic carbocycles. The van der Waals surface area contributed by atoms with Crippen molar-refractivity contribution in [3.05, 3.63) is 43.0 Å². The average molecular weight is 339 g/mol. The second-order valence-corrected chi connectivity index (χ2v) is 5.86. The maximum absolute atomic E-state index is 12.7. The molecule has 9 nitrogen and oxygen atoms in total. The van der Waals surface area contributed by atoms with Crippen LogP contribution in [0.25, 0.3) is 5.69 Å². The van der Waals surface area contributed by atoms with Crippen LogP contribution in [-0.2, 0) is 11.8 Å². The van der Waals surface area contributed by atoms with Crippen LogP contribution < -0.4 is 9.64 Å². The molecule has 0 spiro atoms. The van der Waals surface area contributed by atoms with E-state index < -0.39 is 6.10 Å². The van der Waals surface area contributed by atoms with E-state index in [0.29, 0.717) is 18.7 Å². The molecule has 0 aliphatic carbocycles. The number of hydrogen-bond acceptors (Lipinski definition) is 6. The molecule has 0 bridgehead atoms. The SMILES string of the molecule is Cn1cc(N2CCC[C@H](Oc3ccc(-n4cnnn4)cc3)C2=O)cn1. The highest BCUT2D eigenvalue weighted by atomic mass is 16.5. The van der Waals surface area contributed by atoms with E-state index in [4.69, 9.17) is 4.74 Å². The van der Waals surface area contributed by atoms with Crippen molar-refractivity contribution in [2.24, 2.45) is 7.05 Å². The predicted octanol–water partition coefficient (Wildman–Crippen LogP) is 0.970. The van der Waals surface area contributed by atoms with Crippen LogP contribution in [-0.4, -0.2) is 48.5 Å². The Bertz CT molecular complexity index is 857. The first kappa shape index (κ1) is 15.3. The quantitative estimate of drug-likeness (QED) is 0.703. The van der Waals surface area contributed by atoms with E-state index in [0.717, 1.165) is 17.8 Å². The molecule has 128 valence electrons. The number of piperidine rings is 1. The van der Waals surface area contributed by atoms with Crippen LogP contribution in [0.1, 0.15) is 12.8 Å². The van der Waals surface area contributed by atoms with Crippen LogP contribution >= 0.6 is 0 Å². The lowest BCUT2D eigenvalue weighted by molar-refractivity contribution is -0.126. The zero-order valence-electron chi connectivity index (χ0n) is 13.7. The van der Waals surface area contributed by atoms with Gasteiger partial charge in [0.25, 0.3) is 5.91 Å². The zero-order chi connectivity index (χ0) is 17.2. The van der Waals surface area contributed by atoms with Crippen LogP contribution in [0.3, 0.4) is 0 Å². The number of anilines is 1. The minimum atomic E-state index is -0.493. The third kappa shape index (κ3) is 3.08. The van der Waals surface area contributed by atoms with Crippen molar-refractivity contribution in [1.82, 2.24) is 30.0 Å². The molecule has 1 atom stereocenters. The normalized spacial score (nSPS) is 17.7. The molecule has 1 fully saturated rings. The number of aromatic nitrogens is 6. The largest absolute Gasteiger partial charge is 0.481 e. The molecule has 0 saturated carbocycles. The van der Waals surface area contributed by atoms with Crippen LogP contribution in [0, 0.1) is 0 Å². The van der Waals surface area contributed by atoms with E-state index in [9.17, 15) is 4.79 Å². The smallest absolute Gasteiger partial charge is 0.268 e. The molecular formula is C16H17N7O2. The number of ether oxygens (including phenoxy) is 1. The molecule has 25 heavy (non-hydrogen) atoms. The predicted molar refractivity (Wildman–Crippen MR) is 88.4 cm³/mol. The number of tetrazole rings is 1. The molecule has 0 unspecified atom stereocenters. The maximum atomic E-state index is 12.7. The van der Waals surface area contributed by atoms with Gasteiger partial charge in [-0.2, -0.15) is 5.10 Å². The highest BCUT2D eigenvalue weighted by molar-refractivity contribution is 5.97. The summed E-state index contributed by atoms with van der Waals surface area (Å²) in [5.74, 6) is 0.604. The lowest BCUT2D eigenvalue weighted by Gasteiger charge is -2.31. The fraction of sp³-hybridized carbons (Fsp3) is 0.312. The number of hydrogen-bond donors (Lipinski definition) is 0. The summed E-state index contributed by atoms with van der Waals surface area (Å²) in [6, 6.07) is 7.32. The van der Waals surface area contributed by atoms with Gasteiger partial charge in [0.05, 0.1) is 17.6 Å². The van der Waals surface area contributed by atoms with Gasteiger partial charge in [-0.1, -0.05) is 0 Å². The van der Waals surface area contributed by atoms with Gasteiger partial charge in [-0.25, -0.2) is 4.68 Å². The first-order chi connectivity index (χ1) is 12.2. The van der Waals surface area contributed by atoms with Crippen LogP contribution in [0.5, 0.6) is 5.75 Å². The summed E-state index contributed by atoms with van der Waals surface area (Å²) in [5.41, 5.74) is 1.62. The van der Waals surface area contributed by atoms with Crippen molar-refractivity contribution in [3.8, 4) is 11.4 Å². The Balaban J connectivity index is 1.47. The second-order valence-electron chi connectivity index (χ2n) is 5.86. The van der Waals surface area contributed by atoms with E-state index in [2.05, 4.69) is 20.6 Å². The number of amides is 1. The number of carbonyl (C=O) groups excluding carboxylic acids is 1. The number of carbonyl (C=O) groups is 1. The van der Waals surface area contributed by atoms with Gasteiger partial charge >= 0.3 is 0 Å². The molecular weight excluding hydrogens is 322 g/mol.